The second-order valence-electron chi connectivity index (χ2n) is 2.41. The highest BCUT2D eigenvalue weighted by atomic mass is 32.2. The van der Waals surface area contributed by atoms with Gasteiger partial charge in [0.1, 0.15) is 6.61 Å². The molecule has 1 saturated heterocycles. The smallest absolute Gasteiger partial charge is 0.418 e. The van der Waals surface area contributed by atoms with Crippen LogP contribution in [-0.2, 0) is 9.53 Å². The Kier molecular flexibility index (Phi) is 4.97. The molecule has 0 radical (unpaired) electrons. The topological polar surface area (TPSA) is 64.2 Å². The van der Waals surface area contributed by atoms with Crippen LogP contribution in [0.15, 0.2) is 0 Å². The van der Waals surface area contributed by atoms with E-state index in [4.69, 9.17) is 10.3 Å². The Morgan fingerprint density at radius 3 is 2.92 bits per heavy atom. The summed E-state index contributed by atoms with van der Waals surface area (Å²) in [5, 5.41) is 0. The van der Waals surface area contributed by atoms with Crippen molar-refractivity contribution in [3.05, 3.63) is 0 Å². The first kappa shape index (κ1) is 10.6. The summed E-state index contributed by atoms with van der Waals surface area (Å²) in [5.74, 6) is 1.76. The van der Waals surface area contributed by atoms with Gasteiger partial charge in [-0.05, 0) is 17.9 Å². The van der Waals surface area contributed by atoms with E-state index in [9.17, 15) is 4.79 Å². The first-order valence-electron chi connectivity index (χ1n) is 3.92. The number of esters is 1. The number of nitrogens with zero attached hydrogens (tertiary/aromatic N) is 1. The van der Waals surface area contributed by atoms with E-state index in [0.29, 0.717) is 11.2 Å². The summed E-state index contributed by atoms with van der Waals surface area (Å²) in [6, 6.07) is 0. The molecule has 1 N–H and O–H groups in total. The van der Waals surface area contributed by atoms with Crippen molar-refractivity contribution in [1.82, 2.24) is 0 Å². The van der Waals surface area contributed by atoms with Crippen molar-refractivity contribution >= 4 is 35.7 Å². The van der Waals surface area contributed by atoms with E-state index in [-0.39, 0.29) is 0 Å². The number of carbonyl (C=O) groups excluding carboxylic acids is 1. The summed E-state index contributed by atoms with van der Waals surface area (Å²) >= 11 is 3.64. The predicted octanol–water partition coefficient (Wildman–Crippen LogP) is 1.04. The number of nitrogens with one attached hydrogen (secondary N) is 1. The van der Waals surface area contributed by atoms with Crippen molar-refractivity contribution in [2.24, 2.45) is 0 Å². The number of hydrogen-bond acceptors (Lipinski definition) is 5. The minimum atomic E-state index is -0.526. The van der Waals surface area contributed by atoms with E-state index in [1.807, 2.05) is 23.5 Å². The van der Waals surface area contributed by atoms with Crippen LogP contribution >= 0.6 is 23.5 Å². The average Bonchev–Trinajstić information content (AvgIpc) is 2.17. The Morgan fingerprint density at radius 2 is 2.31 bits per heavy atom. The largest absolute Gasteiger partial charge is 0.455 e. The number of thioether (sulfide) groups is 2. The molecule has 0 aliphatic carbocycles. The summed E-state index contributed by atoms with van der Waals surface area (Å²) in [5.41, 5.74) is 6.41. The van der Waals surface area contributed by atoms with E-state index in [0.717, 1.165) is 17.7 Å². The van der Waals surface area contributed by atoms with E-state index in [1.165, 1.54) is 6.42 Å². The van der Waals surface area contributed by atoms with Gasteiger partial charge in [-0.15, -0.1) is 23.5 Å². The zero-order valence-electron chi connectivity index (χ0n) is 7.06. The summed E-state index contributed by atoms with van der Waals surface area (Å²) < 4.78 is 5.23. The normalized spacial score (nSPS) is 17.5. The number of ether oxygens (including phenoxy) is 1. The van der Waals surface area contributed by atoms with E-state index in [1.54, 1.807) is 0 Å². The van der Waals surface area contributed by atoms with E-state index < -0.39 is 5.97 Å². The molecule has 0 aromatic carbocycles. The average molecular weight is 219 g/mol. The van der Waals surface area contributed by atoms with Crippen LogP contribution in [0.1, 0.15) is 6.42 Å². The molecule has 0 aromatic heterocycles. The second kappa shape index (κ2) is 6.07. The van der Waals surface area contributed by atoms with Gasteiger partial charge < -0.3 is 4.74 Å². The lowest BCUT2D eigenvalue weighted by Crippen LogP contribution is -2.17. The van der Waals surface area contributed by atoms with Crippen LogP contribution in [0.2, 0.25) is 0 Å². The maximum Gasteiger partial charge on any atom is 0.418 e. The van der Waals surface area contributed by atoms with Crippen molar-refractivity contribution in [3.8, 4) is 0 Å². The summed E-state index contributed by atoms with van der Waals surface area (Å²) in [4.78, 5) is 13.6. The lowest BCUT2D eigenvalue weighted by atomic mass is 10.6. The monoisotopic (exact) mass is 219 g/mol. The van der Waals surface area contributed by atoms with Gasteiger partial charge in [0.05, 0.1) is 14.9 Å². The Labute approximate surface area is 85.0 Å². The highest BCUT2D eigenvalue weighted by Crippen LogP contribution is 2.30. The van der Waals surface area contributed by atoms with Crippen molar-refractivity contribution in [1.29, 1.82) is 5.53 Å². The molecule has 13 heavy (non-hydrogen) atoms. The third-order valence-corrected chi connectivity index (χ3v) is 4.31. The maximum atomic E-state index is 10.8. The Hall–Kier alpha value is -0.450. The second-order valence-corrected chi connectivity index (χ2v) is 5.33. The SMILES string of the molecule is N=[N+]=CC(=O)OCC1SCCCS1. The van der Waals surface area contributed by atoms with Gasteiger partial charge in [-0.3, -0.25) is 0 Å². The molecule has 0 aromatic rings. The molecule has 0 amide bonds. The van der Waals surface area contributed by atoms with Crippen LogP contribution in [0.4, 0.5) is 0 Å². The molecule has 0 saturated carbocycles. The standard InChI is InChI=1S/C7H11N2O2S2/c8-9-4-6(10)11-5-7-12-2-1-3-13-7/h4,7-8H,1-3,5H2/q+1. The number of carbonyl (C=O) groups is 1. The molecule has 1 aliphatic heterocycles. The fourth-order valence-electron chi connectivity index (χ4n) is 0.873. The Balaban J connectivity index is 2.17. The fraction of sp³-hybridized carbons (Fsp3) is 0.714. The van der Waals surface area contributed by atoms with Crippen LogP contribution in [-0.4, -0.2) is 39.7 Å². The molecule has 0 atom stereocenters. The number of rotatable bonds is 3. The molecule has 1 fully saturated rings. The summed E-state index contributed by atoms with van der Waals surface area (Å²) in [6.07, 6.45) is 2.10. The molecule has 0 spiro atoms. The first-order chi connectivity index (χ1) is 6.33. The minimum absolute atomic E-state index is 0.358. The van der Waals surface area contributed by atoms with E-state index in [2.05, 4.69) is 4.79 Å². The minimum Gasteiger partial charge on any atom is -0.455 e. The van der Waals surface area contributed by atoms with E-state index >= 15 is 0 Å². The van der Waals surface area contributed by atoms with Crippen molar-refractivity contribution in [3.63, 3.8) is 0 Å². The lowest BCUT2D eigenvalue weighted by molar-refractivity contribution is -0.148. The van der Waals surface area contributed by atoms with Gasteiger partial charge in [0.25, 0.3) is 0 Å². The third kappa shape index (κ3) is 4.36. The quantitative estimate of drug-likeness (QED) is 0.333. The highest BCUT2D eigenvalue weighted by Gasteiger charge is 2.16. The van der Waals surface area contributed by atoms with Gasteiger partial charge in [-0.2, -0.15) is 0 Å². The van der Waals surface area contributed by atoms with Crippen molar-refractivity contribution < 1.29 is 14.3 Å². The molecule has 1 aliphatic rings. The predicted molar refractivity (Wildman–Crippen MR) is 53.3 cm³/mol. The number of hydrogen-bond donors (Lipinski definition) is 1. The molecule has 4 nitrogen and oxygen atoms in total. The first-order valence-corrected chi connectivity index (χ1v) is 6.02. The summed E-state index contributed by atoms with van der Waals surface area (Å²) in [6.45, 7) is 0.417. The molecular formula is C7H11N2O2S2+. The van der Waals surface area contributed by atoms with Crippen LogP contribution in [0.3, 0.4) is 0 Å². The Bertz CT molecular complexity index is 223. The van der Waals surface area contributed by atoms with Crippen LogP contribution in [0.5, 0.6) is 0 Å². The van der Waals surface area contributed by atoms with Crippen LogP contribution in [0.25, 0.3) is 0 Å². The van der Waals surface area contributed by atoms with Gasteiger partial charge >= 0.3 is 12.2 Å². The summed E-state index contributed by atoms with van der Waals surface area (Å²) in [7, 11) is 0. The van der Waals surface area contributed by atoms with Crippen molar-refractivity contribution in [2.45, 2.75) is 11.0 Å². The van der Waals surface area contributed by atoms with Gasteiger partial charge in [-0.1, -0.05) is 0 Å². The molecule has 1 rings (SSSR count). The van der Waals surface area contributed by atoms with Gasteiger partial charge in [-0.25, -0.2) is 4.79 Å². The zero-order valence-corrected chi connectivity index (χ0v) is 8.70. The molecule has 1 heterocycles. The van der Waals surface area contributed by atoms with Crippen LogP contribution < -0.4 is 0 Å². The third-order valence-electron chi connectivity index (χ3n) is 1.43. The molecule has 72 valence electrons. The van der Waals surface area contributed by atoms with Gasteiger partial charge in [0.15, 0.2) is 0 Å². The van der Waals surface area contributed by atoms with Crippen LogP contribution in [0, 0.1) is 5.53 Å². The molecule has 0 unspecified atom stereocenters. The molecule has 0 bridgehead atoms. The van der Waals surface area contributed by atoms with Gasteiger partial charge in [0.2, 0.25) is 0 Å². The molecular weight excluding hydrogens is 208 g/mol. The maximum absolute atomic E-state index is 10.8. The zero-order chi connectivity index (χ0) is 9.52. The van der Waals surface area contributed by atoms with Gasteiger partial charge in [0, 0.05) is 0 Å². The highest BCUT2D eigenvalue weighted by molar-refractivity contribution is 8.17. The molecule has 6 heteroatoms. The lowest BCUT2D eigenvalue weighted by Gasteiger charge is -2.19. The van der Waals surface area contributed by atoms with Crippen molar-refractivity contribution in [2.75, 3.05) is 18.1 Å². The Morgan fingerprint density at radius 1 is 1.62 bits per heavy atom. The fourth-order valence-corrected chi connectivity index (χ4v) is 3.49.